The van der Waals surface area contributed by atoms with Crippen LogP contribution in [0.5, 0.6) is 0 Å². The Morgan fingerprint density at radius 2 is 2.24 bits per heavy atom. The molecule has 0 radical (unpaired) electrons. The highest BCUT2D eigenvalue weighted by Gasteiger charge is 2.30. The molecule has 0 saturated carbocycles. The normalized spacial score (nSPS) is 18.7. The van der Waals surface area contributed by atoms with Crippen molar-refractivity contribution in [3.63, 3.8) is 0 Å². The first-order valence-electron chi connectivity index (χ1n) is 5.73. The Bertz CT molecular complexity index is 317. The third-order valence-electron chi connectivity index (χ3n) is 2.80. The van der Waals surface area contributed by atoms with Gasteiger partial charge in [0.15, 0.2) is 0 Å². The molecule has 1 aliphatic rings. The zero-order valence-corrected chi connectivity index (χ0v) is 10.2. The minimum Gasteiger partial charge on any atom is -0.469 e. The van der Waals surface area contributed by atoms with Crippen molar-refractivity contribution in [2.75, 3.05) is 20.2 Å². The smallest absolute Gasteiger partial charge is 0.307 e. The summed E-state index contributed by atoms with van der Waals surface area (Å²) in [5.41, 5.74) is 0. The molecular weight excluding hydrogens is 224 g/mol. The van der Waals surface area contributed by atoms with E-state index in [-0.39, 0.29) is 24.2 Å². The third kappa shape index (κ3) is 3.72. The van der Waals surface area contributed by atoms with Gasteiger partial charge in [-0.1, -0.05) is 0 Å². The molecular formula is C11H18N2O4. The fourth-order valence-electron chi connectivity index (χ4n) is 1.77. The molecule has 0 aromatic rings. The number of carbonyl (C=O) groups is 3. The second kappa shape index (κ2) is 6.22. The summed E-state index contributed by atoms with van der Waals surface area (Å²) in [6.45, 7) is 2.68. The molecule has 17 heavy (non-hydrogen) atoms. The van der Waals surface area contributed by atoms with E-state index >= 15 is 0 Å². The average Bonchev–Trinajstić information content (AvgIpc) is 2.76. The van der Waals surface area contributed by atoms with E-state index in [4.69, 9.17) is 0 Å². The molecule has 1 aliphatic heterocycles. The van der Waals surface area contributed by atoms with E-state index in [1.165, 1.54) is 7.11 Å². The highest BCUT2D eigenvalue weighted by Crippen LogP contribution is 2.10. The number of ether oxygens (including phenoxy) is 1. The molecule has 0 spiro atoms. The van der Waals surface area contributed by atoms with E-state index in [0.717, 1.165) is 0 Å². The number of hydrogen-bond donors (Lipinski definition) is 1. The molecule has 0 aliphatic carbocycles. The third-order valence-corrected chi connectivity index (χ3v) is 2.80. The van der Waals surface area contributed by atoms with Crippen LogP contribution in [0, 0.1) is 0 Å². The maximum atomic E-state index is 12.0. The molecule has 1 N–H and O–H groups in total. The largest absolute Gasteiger partial charge is 0.469 e. The zero-order chi connectivity index (χ0) is 12.8. The summed E-state index contributed by atoms with van der Waals surface area (Å²) < 4.78 is 4.52. The predicted octanol–water partition coefficient (Wildman–Crippen LogP) is -0.323. The Morgan fingerprint density at radius 1 is 1.53 bits per heavy atom. The molecule has 0 aromatic carbocycles. The minimum atomic E-state index is -0.430. The van der Waals surface area contributed by atoms with Gasteiger partial charge in [0.25, 0.3) is 0 Å². The van der Waals surface area contributed by atoms with Crippen LogP contribution in [0.15, 0.2) is 0 Å². The van der Waals surface area contributed by atoms with E-state index in [1.54, 1.807) is 4.90 Å². The number of methoxy groups -OCH3 is 1. The van der Waals surface area contributed by atoms with Crippen LogP contribution in [0.4, 0.5) is 0 Å². The average molecular weight is 242 g/mol. The summed E-state index contributed by atoms with van der Waals surface area (Å²) in [7, 11) is 1.32. The van der Waals surface area contributed by atoms with Crippen molar-refractivity contribution >= 4 is 17.8 Å². The Labute approximate surface area is 100 Å². The van der Waals surface area contributed by atoms with Crippen molar-refractivity contribution in [1.29, 1.82) is 0 Å². The minimum absolute atomic E-state index is 0.0904. The number of rotatable bonds is 5. The molecule has 1 atom stereocenters. The molecule has 6 nitrogen and oxygen atoms in total. The first-order valence-corrected chi connectivity index (χ1v) is 5.73. The number of nitrogens with zero attached hydrogens (tertiary/aromatic N) is 1. The molecule has 1 heterocycles. The SMILES string of the molecule is CCN(CCC(=O)OC)C(=O)[C@@H]1CCC(=O)N1. The molecule has 1 fully saturated rings. The van der Waals surface area contributed by atoms with Gasteiger partial charge in [0.1, 0.15) is 6.04 Å². The van der Waals surface area contributed by atoms with Crippen LogP contribution in [0.1, 0.15) is 26.2 Å². The zero-order valence-electron chi connectivity index (χ0n) is 10.2. The number of amides is 2. The number of esters is 1. The fraction of sp³-hybridized carbons (Fsp3) is 0.727. The van der Waals surface area contributed by atoms with Gasteiger partial charge < -0.3 is 15.0 Å². The van der Waals surface area contributed by atoms with E-state index in [0.29, 0.717) is 25.9 Å². The lowest BCUT2D eigenvalue weighted by Crippen LogP contribution is -2.45. The van der Waals surface area contributed by atoms with Crippen LogP contribution in [0.25, 0.3) is 0 Å². The topological polar surface area (TPSA) is 75.7 Å². The van der Waals surface area contributed by atoms with Crippen molar-refractivity contribution in [3.8, 4) is 0 Å². The number of carbonyl (C=O) groups excluding carboxylic acids is 3. The van der Waals surface area contributed by atoms with Gasteiger partial charge in [0.2, 0.25) is 11.8 Å². The number of hydrogen-bond acceptors (Lipinski definition) is 4. The van der Waals surface area contributed by atoms with Crippen molar-refractivity contribution in [2.24, 2.45) is 0 Å². The highest BCUT2D eigenvalue weighted by atomic mass is 16.5. The van der Waals surface area contributed by atoms with Crippen molar-refractivity contribution in [1.82, 2.24) is 10.2 Å². The summed E-state index contributed by atoms with van der Waals surface area (Å²) in [4.78, 5) is 35.6. The molecule has 1 saturated heterocycles. The maximum absolute atomic E-state index is 12.0. The Balaban J connectivity index is 2.46. The maximum Gasteiger partial charge on any atom is 0.307 e. The summed E-state index contributed by atoms with van der Waals surface area (Å²) in [5, 5.41) is 2.62. The van der Waals surface area contributed by atoms with Crippen LogP contribution < -0.4 is 5.32 Å². The Morgan fingerprint density at radius 3 is 2.71 bits per heavy atom. The second-order valence-electron chi connectivity index (χ2n) is 3.90. The van der Waals surface area contributed by atoms with E-state index in [1.807, 2.05) is 6.92 Å². The first kappa shape index (κ1) is 13.5. The van der Waals surface area contributed by atoms with Crippen molar-refractivity contribution in [2.45, 2.75) is 32.2 Å². The fourth-order valence-corrected chi connectivity index (χ4v) is 1.77. The van der Waals surface area contributed by atoms with Gasteiger partial charge in [0.05, 0.1) is 13.5 Å². The van der Waals surface area contributed by atoms with Gasteiger partial charge in [-0.25, -0.2) is 0 Å². The summed E-state index contributed by atoms with van der Waals surface area (Å²) in [6.07, 6.45) is 1.11. The van der Waals surface area contributed by atoms with E-state index in [2.05, 4.69) is 10.1 Å². The van der Waals surface area contributed by atoms with Gasteiger partial charge in [0, 0.05) is 19.5 Å². The lowest BCUT2D eigenvalue weighted by Gasteiger charge is -2.23. The lowest BCUT2D eigenvalue weighted by molar-refractivity contribution is -0.142. The summed E-state index contributed by atoms with van der Waals surface area (Å²) in [5.74, 6) is -0.554. The van der Waals surface area contributed by atoms with Crippen LogP contribution in [0.2, 0.25) is 0 Å². The molecule has 6 heteroatoms. The van der Waals surface area contributed by atoms with Crippen LogP contribution >= 0.6 is 0 Å². The molecule has 2 amide bonds. The van der Waals surface area contributed by atoms with Crippen LogP contribution in [-0.4, -0.2) is 48.9 Å². The van der Waals surface area contributed by atoms with Crippen molar-refractivity contribution < 1.29 is 19.1 Å². The first-order chi connectivity index (χ1) is 8.08. The predicted molar refractivity (Wildman–Crippen MR) is 60.1 cm³/mol. The standard InChI is InChI=1S/C11H18N2O4/c1-3-13(7-6-10(15)17-2)11(16)8-4-5-9(14)12-8/h8H,3-7H2,1-2H3,(H,12,14)/t8-/m0/s1. The van der Waals surface area contributed by atoms with Gasteiger partial charge in [-0.2, -0.15) is 0 Å². The van der Waals surface area contributed by atoms with E-state index < -0.39 is 6.04 Å². The van der Waals surface area contributed by atoms with E-state index in [9.17, 15) is 14.4 Å². The molecule has 0 bridgehead atoms. The van der Waals surface area contributed by atoms with Gasteiger partial charge in [-0.3, -0.25) is 14.4 Å². The summed E-state index contributed by atoms with van der Waals surface area (Å²) >= 11 is 0. The number of likely N-dealkylation sites (N-methyl/N-ethyl adjacent to an activating group) is 1. The molecule has 1 rings (SSSR count). The molecule has 0 unspecified atom stereocenters. The lowest BCUT2D eigenvalue weighted by atomic mass is 10.2. The molecule has 0 aromatic heterocycles. The van der Waals surface area contributed by atoms with Crippen LogP contribution in [0.3, 0.4) is 0 Å². The Kier molecular flexibility index (Phi) is 4.93. The Hall–Kier alpha value is -1.59. The van der Waals surface area contributed by atoms with Gasteiger partial charge >= 0.3 is 5.97 Å². The summed E-state index contributed by atoms with van der Waals surface area (Å²) in [6, 6.07) is -0.430. The molecule has 96 valence electrons. The van der Waals surface area contributed by atoms with Crippen molar-refractivity contribution in [3.05, 3.63) is 0 Å². The number of nitrogens with one attached hydrogen (secondary N) is 1. The van der Waals surface area contributed by atoms with Gasteiger partial charge in [-0.15, -0.1) is 0 Å². The second-order valence-corrected chi connectivity index (χ2v) is 3.90. The monoisotopic (exact) mass is 242 g/mol. The highest BCUT2D eigenvalue weighted by molar-refractivity contribution is 5.91. The van der Waals surface area contributed by atoms with Crippen LogP contribution in [-0.2, 0) is 19.1 Å². The quantitative estimate of drug-likeness (QED) is 0.670. The van der Waals surface area contributed by atoms with Gasteiger partial charge in [-0.05, 0) is 13.3 Å².